The van der Waals surface area contributed by atoms with Crippen molar-refractivity contribution in [3.63, 3.8) is 0 Å². The Kier molecular flexibility index (Phi) is 4.70. The summed E-state index contributed by atoms with van der Waals surface area (Å²) < 4.78 is 42.5. The Morgan fingerprint density at radius 1 is 1.32 bits per heavy atom. The smallest absolute Gasteiger partial charge is 0.416 e. The largest absolute Gasteiger partial charge is 0.481 e. The first-order chi connectivity index (χ1) is 10.3. The number of morpholine rings is 1. The molecule has 1 heterocycles. The Labute approximate surface area is 124 Å². The van der Waals surface area contributed by atoms with E-state index >= 15 is 0 Å². The van der Waals surface area contributed by atoms with E-state index in [1.807, 2.05) is 0 Å². The first-order valence-corrected chi connectivity index (χ1v) is 6.52. The lowest BCUT2D eigenvalue weighted by Crippen LogP contribution is -2.49. The number of aliphatic carboxylic acids is 1. The average Bonchev–Trinajstić information content (AvgIpc) is 2.42. The maximum Gasteiger partial charge on any atom is 0.416 e. The number of carbonyl (C=O) groups excluding carboxylic acids is 1. The highest BCUT2D eigenvalue weighted by Gasteiger charge is 2.32. The van der Waals surface area contributed by atoms with E-state index in [2.05, 4.69) is 0 Å². The molecule has 0 saturated carbocycles. The summed E-state index contributed by atoms with van der Waals surface area (Å²) in [5.74, 6) is -1.45. The summed E-state index contributed by atoms with van der Waals surface area (Å²) in [4.78, 5) is 24.0. The first kappa shape index (κ1) is 16.3. The molecule has 5 nitrogen and oxygen atoms in total. The minimum Gasteiger partial charge on any atom is -0.481 e. The lowest BCUT2D eigenvalue weighted by Gasteiger charge is -2.34. The maximum atomic E-state index is 12.5. The monoisotopic (exact) mass is 317 g/mol. The van der Waals surface area contributed by atoms with Gasteiger partial charge in [0.2, 0.25) is 5.91 Å². The maximum absolute atomic E-state index is 12.5. The van der Waals surface area contributed by atoms with Crippen LogP contribution in [-0.2, 0) is 27.0 Å². The van der Waals surface area contributed by atoms with Crippen LogP contribution in [0.3, 0.4) is 0 Å². The first-order valence-electron chi connectivity index (χ1n) is 6.52. The molecular formula is C14H14F3NO4. The van der Waals surface area contributed by atoms with E-state index in [4.69, 9.17) is 9.84 Å². The molecule has 1 fully saturated rings. The lowest BCUT2D eigenvalue weighted by molar-refractivity contribution is -0.153. The molecule has 1 amide bonds. The van der Waals surface area contributed by atoms with Gasteiger partial charge < -0.3 is 14.7 Å². The molecule has 1 atom stereocenters. The molecule has 0 bridgehead atoms. The Bertz CT molecular complexity index is 556. The zero-order valence-corrected chi connectivity index (χ0v) is 11.5. The van der Waals surface area contributed by atoms with Crippen molar-refractivity contribution in [1.82, 2.24) is 4.90 Å². The van der Waals surface area contributed by atoms with Gasteiger partial charge in [0.25, 0.3) is 0 Å². The number of carbonyl (C=O) groups is 2. The highest BCUT2D eigenvalue weighted by molar-refractivity contribution is 5.79. The number of rotatable bonds is 4. The molecule has 1 unspecified atom stereocenters. The zero-order valence-electron chi connectivity index (χ0n) is 11.5. The second kappa shape index (κ2) is 6.35. The van der Waals surface area contributed by atoms with Crippen molar-refractivity contribution >= 4 is 11.9 Å². The van der Waals surface area contributed by atoms with Gasteiger partial charge in [0, 0.05) is 6.54 Å². The standard InChI is InChI=1S/C14H14F3NO4/c15-14(16,17)10-3-1-9(2-4-10)6-18-11(5-13(20)21)7-22-8-12(18)19/h1-4,11H,5-8H2,(H,20,21). The number of ether oxygens (including phenoxy) is 1. The fourth-order valence-electron chi connectivity index (χ4n) is 2.24. The van der Waals surface area contributed by atoms with Gasteiger partial charge in [-0.2, -0.15) is 13.2 Å². The summed E-state index contributed by atoms with van der Waals surface area (Å²) in [6.45, 7) is -0.00624. The molecule has 0 spiro atoms. The van der Waals surface area contributed by atoms with Crippen molar-refractivity contribution in [3.8, 4) is 0 Å². The van der Waals surface area contributed by atoms with Gasteiger partial charge in [0.05, 0.1) is 24.6 Å². The number of benzene rings is 1. The zero-order chi connectivity index (χ0) is 16.3. The number of hydrogen-bond donors (Lipinski definition) is 1. The molecule has 1 aromatic carbocycles. The van der Waals surface area contributed by atoms with Crippen LogP contribution in [0, 0.1) is 0 Å². The van der Waals surface area contributed by atoms with Crippen LogP contribution in [0.4, 0.5) is 13.2 Å². The second-order valence-electron chi connectivity index (χ2n) is 4.98. The SMILES string of the molecule is O=C(O)CC1COCC(=O)N1Cc1ccc(C(F)(F)F)cc1. The highest BCUT2D eigenvalue weighted by atomic mass is 19.4. The van der Waals surface area contributed by atoms with E-state index in [9.17, 15) is 22.8 Å². The fraction of sp³-hybridized carbons (Fsp3) is 0.429. The summed E-state index contributed by atoms with van der Waals surface area (Å²) in [6.07, 6.45) is -4.69. The average molecular weight is 317 g/mol. The normalized spacial score (nSPS) is 19.3. The third kappa shape index (κ3) is 3.97. The molecule has 1 saturated heterocycles. The Morgan fingerprint density at radius 2 is 1.95 bits per heavy atom. The number of carboxylic acids is 1. The second-order valence-corrected chi connectivity index (χ2v) is 4.98. The van der Waals surface area contributed by atoms with E-state index in [0.717, 1.165) is 12.1 Å². The molecule has 8 heteroatoms. The summed E-state index contributed by atoms with van der Waals surface area (Å²) >= 11 is 0. The van der Waals surface area contributed by atoms with Crippen molar-refractivity contribution in [1.29, 1.82) is 0 Å². The Morgan fingerprint density at radius 3 is 2.50 bits per heavy atom. The molecule has 0 aromatic heterocycles. The van der Waals surface area contributed by atoms with E-state index in [1.165, 1.54) is 17.0 Å². The summed E-state index contributed by atoms with van der Waals surface area (Å²) in [7, 11) is 0. The van der Waals surface area contributed by atoms with Crippen LogP contribution in [-0.4, -0.2) is 41.1 Å². The van der Waals surface area contributed by atoms with Crippen molar-refractivity contribution in [3.05, 3.63) is 35.4 Å². The minimum absolute atomic E-state index is 0.0538. The molecular weight excluding hydrogens is 303 g/mol. The van der Waals surface area contributed by atoms with Crippen LogP contribution >= 0.6 is 0 Å². The molecule has 0 radical (unpaired) electrons. The molecule has 1 aromatic rings. The molecule has 1 aliphatic rings. The van der Waals surface area contributed by atoms with Crippen molar-refractivity contribution in [2.75, 3.05) is 13.2 Å². The molecule has 120 valence electrons. The Balaban J connectivity index is 2.12. The van der Waals surface area contributed by atoms with Crippen LogP contribution in [0.15, 0.2) is 24.3 Å². The number of hydrogen-bond acceptors (Lipinski definition) is 3. The predicted octanol–water partition coefficient (Wildman–Crippen LogP) is 1.91. The van der Waals surface area contributed by atoms with Gasteiger partial charge >= 0.3 is 12.1 Å². The van der Waals surface area contributed by atoms with E-state index < -0.39 is 23.8 Å². The van der Waals surface area contributed by atoms with Crippen LogP contribution in [0.5, 0.6) is 0 Å². The number of amides is 1. The Hall–Kier alpha value is -2.09. The molecule has 2 rings (SSSR count). The van der Waals surface area contributed by atoms with Gasteiger partial charge in [-0.05, 0) is 17.7 Å². The van der Waals surface area contributed by atoms with E-state index in [0.29, 0.717) is 5.56 Å². The fourth-order valence-corrected chi connectivity index (χ4v) is 2.24. The van der Waals surface area contributed by atoms with Gasteiger partial charge in [-0.1, -0.05) is 12.1 Å². The van der Waals surface area contributed by atoms with Gasteiger partial charge in [0.15, 0.2) is 0 Å². The van der Waals surface area contributed by atoms with E-state index in [1.54, 1.807) is 0 Å². The quantitative estimate of drug-likeness (QED) is 0.921. The van der Waals surface area contributed by atoms with E-state index in [-0.39, 0.29) is 32.1 Å². The molecule has 22 heavy (non-hydrogen) atoms. The van der Waals surface area contributed by atoms with Crippen LogP contribution in [0.1, 0.15) is 17.5 Å². The van der Waals surface area contributed by atoms with Gasteiger partial charge in [-0.25, -0.2) is 0 Å². The highest BCUT2D eigenvalue weighted by Crippen LogP contribution is 2.29. The summed E-state index contributed by atoms with van der Waals surface area (Å²) in [5.41, 5.74) is -0.273. The number of alkyl halides is 3. The van der Waals surface area contributed by atoms with Crippen molar-refractivity contribution in [2.45, 2.75) is 25.2 Å². The number of carboxylic acid groups (broad SMARTS) is 1. The van der Waals surface area contributed by atoms with Crippen molar-refractivity contribution < 1.29 is 32.6 Å². The van der Waals surface area contributed by atoms with Gasteiger partial charge in [0.1, 0.15) is 6.61 Å². The number of nitrogens with zero attached hydrogens (tertiary/aromatic N) is 1. The lowest BCUT2D eigenvalue weighted by atomic mass is 10.1. The third-order valence-electron chi connectivity index (χ3n) is 3.34. The van der Waals surface area contributed by atoms with Gasteiger partial charge in [-0.3, -0.25) is 9.59 Å². The minimum atomic E-state index is -4.42. The van der Waals surface area contributed by atoms with Gasteiger partial charge in [-0.15, -0.1) is 0 Å². The molecule has 1 aliphatic heterocycles. The topological polar surface area (TPSA) is 66.8 Å². The van der Waals surface area contributed by atoms with Crippen LogP contribution in [0.25, 0.3) is 0 Å². The summed E-state index contributed by atoms with van der Waals surface area (Å²) in [6, 6.07) is 3.81. The number of halogens is 3. The third-order valence-corrected chi connectivity index (χ3v) is 3.34. The van der Waals surface area contributed by atoms with Crippen molar-refractivity contribution in [2.24, 2.45) is 0 Å². The summed E-state index contributed by atoms with van der Waals surface area (Å²) in [5, 5.41) is 8.84. The molecule has 0 aliphatic carbocycles. The predicted molar refractivity (Wildman–Crippen MR) is 68.9 cm³/mol. The molecule has 1 N–H and O–H groups in total. The van der Waals surface area contributed by atoms with Crippen LogP contribution in [0.2, 0.25) is 0 Å². The van der Waals surface area contributed by atoms with Crippen LogP contribution < -0.4 is 0 Å².